The number of imidazole rings is 1. The van der Waals surface area contributed by atoms with E-state index in [0.29, 0.717) is 12.4 Å². The second kappa shape index (κ2) is 4.58. The molecule has 5 nitrogen and oxygen atoms in total. The normalized spacial score (nSPS) is 10.7. The van der Waals surface area contributed by atoms with Gasteiger partial charge in [-0.15, -0.1) is 11.3 Å². The van der Waals surface area contributed by atoms with Crippen LogP contribution < -0.4 is 5.73 Å². The molecule has 0 bridgehead atoms. The Morgan fingerprint density at radius 3 is 2.89 bits per heavy atom. The van der Waals surface area contributed by atoms with Gasteiger partial charge in [0.1, 0.15) is 5.82 Å². The van der Waals surface area contributed by atoms with Crippen molar-refractivity contribution in [3.05, 3.63) is 47.4 Å². The van der Waals surface area contributed by atoms with Crippen LogP contribution in [0.5, 0.6) is 0 Å². The molecule has 0 spiro atoms. The largest absolute Gasteiger partial charge is 0.384 e. The van der Waals surface area contributed by atoms with Gasteiger partial charge in [-0.25, -0.2) is 15.0 Å². The maximum absolute atomic E-state index is 5.59. The van der Waals surface area contributed by atoms with Crippen molar-refractivity contribution in [2.24, 2.45) is 0 Å². The highest BCUT2D eigenvalue weighted by Gasteiger charge is 2.06. The Balaban J connectivity index is 1.94. The molecule has 0 saturated heterocycles. The molecule has 0 amide bonds. The molecule has 0 unspecified atom stereocenters. The van der Waals surface area contributed by atoms with Gasteiger partial charge in [0.05, 0.1) is 36.0 Å². The van der Waals surface area contributed by atoms with Gasteiger partial charge in [-0.3, -0.25) is 0 Å². The number of thiazole rings is 1. The first-order valence-corrected chi connectivity index (χ1v) is 6.36. The minimum absolute atomic E-state index is 0.518. The Labute approximate surface area is 108 Å². The van der Waals surface area contributed by atoms with E-state index >= 15 is 0 Å². The molecule has 0 saturated carbocycles. The fraction of sp³-hybridized carbons (Fsp3) is 0.0833. The van der Waals surface area contributed by atoms with E-state index in [1.807, 2.05) is 27.7 Å². The summed E-state index contributed by atoms with van der Waals surface area (Å²) in [6.45, 7) is 0.712. The number of aromatic nitrogens is 4. The summed E-state index contributed by atoms with van der Waals surface area (Å²) in [5.74, 6) is 0.518. The molecule has 0 aromatic carbocycles. The highest BCUT2D eigenvalue weighted by molar-refractivity contribution is 7.07. The van der Waals surface area contributed by atoms with E-state index in [-0.39, 0.29) is 0 Å². The molecule has 0 aliphatic heterocycles. The molecule has 3 aromatic heterocycles. The number of nitrogen functional groups attached to an aromatic ring is 1. The third-order valence-electron chi connectivity index (χ3n) is 2.61. The lowest BCUT2D eigenvalue weighted by atomic mass is 10.2. The van der Waals surface area contributed by atoms with Gasteiger partial charge in [0.15, 0.2) is 0 Å². The molecule has 0 aliphatic rings. The lowest BCUT2D eigenvalue weighted by molar-refractivity contribution is 0.785. The standard InChI is InChI=1S/C12H11N5S/c13-12-2-1-9(3-15-12)11-4-14-7-17(11)5-10-6-18-8-16-10/h1-4,6-8H,5H2,(H2,13,15). The smallest absolute Gasteiger partial charge is 0.123 e. The zero-order chi connectivity index (χ0) is 12.4. The van der Waals surface area contributed by atoms with Crippen molar-refractivity contribution in [2.45, 2.75) is 6.54 Å². The van der Waals surface area contributed by atoms with E-state index in [1.165, 1.54) is 0 Å². The Hall–Kier alpha value is -2.21. The molecule has 2 N–H and O–H groups in total. The summed E-state index contributed by atoms with van der Waals surface area (Å²) < 4.78 is 2.04. The molecule has 3 aromatic rings. The molecule has 0 atom stereocenters. The second-order valence-corrected chi connectivity index (χ2v) is 4.58. The second-order valence-electron chi connectivity index (χ2n) is 3.86. The minimum atomic E-state index is 0.518. The molecular formula is C12H11N5S. The van der Waals surface area contributed by atoms with Crippen molar-refractivity contribution >= 4 is 17.2 Å². The first kappa shape index (κ1) is 10.9. The summed E-state index contributed by atoms with van der Waals surface area (Å²) in [5.41, 5.74) is 10.5. The summed E-state index contributed by atoms with van der Waals surface area (Å²) in [6.07, 6.45) is 5.37. The van der Waals surface area contributed by atoms with Crippen LogP contribution in [0.4, 0.5) is 5.82 Å². The zero-order valence-electron chi connectivity index (χ0n) is 9.52. The maximum Gasteiger partial charge on any atom is 0.123 e. The summed E-state index contributed by atoms with van der Waals surface area (Å²) in [5, 5.41) is 2.03. The van der Waals surface area contributed by atoms with Crippen molar-refractivity contribution in [1.82, 2.24) is 19.5 Å². The number of pyridine rings is 1. The van der Waals surface area contributed by atoms with Crippen molar-refractivity contribution in [1.29, 1.82) is 0 Å². The van der Waals surface area contributed by atoms with Crippen LogP contribution in [0.3, 0.4) is 0 Å². The summed E-state index contributed by atoms with van der Waals surface area (Å²) in [4.78, 5) is 12.6. The quantitative estimate of drug-likeness (QED) is 0.779. The molecule has 90 valence electrons. The lowest BCUT2D eigenvalue weighted by Gasteiger charge is -2.06. The van der Waals surface area contributed by atoms with E-state index in [0.717, 1.165) is 17.0 Å². The van der Waals surface area contributed by atoms with Gasteiger partial charge < -0.3 is 10.3 Å². The summed E-state index contributed by atoms with van der Waals surface area (Å²) >= 11 is 1.59. The molecule has 6 heteroatoms. The van der Waals surface area contributed by atoms with E-state index in [9.17, 15) is 0 Å². The average molecular weight is 257 g/mol. The molecule has 0 radical (unpaired) electrons. The van der Waals surface area contributed by atoms with Crippen LogP contribution in [0.2, 0.25) is 0 Å². The van der Waals surface area contributed by atoms with E-state index in [4.69, 9.17) is 5.73 Å². The number of anilines is 1. The van der Waals surface area contributed by atoms with Crippen LogP contribution in [0.25, 0.3) is 11.3 Å². The number of nitrogens with zero attached hydrogens (tertiary/aromatic N) is 4. The molecule has 3 rings (SSSR count). The molecular weight excluding hydrogens is 246 g/mol. The van der Waals surface area contributed by atoms with Crippen LogP contribution in [0.1, 0.15) is 5.69 Å². The Bertz CT molecular complexity index is 627. The van der Waals surface area contributed by atoms with Gasteiger partial charge in [0.25, 0.3) is 0 Å². The topological polar surface area (TPSA) is 69.6 Å². The predicted molar refractivity (Wildman–Crippen MR) is 71.1 cm³/mol. The fourth-order valence-electron chi connectivity index (χ4n) is 1.73. The Morgan fingerprint density at radius 2 is 2.17 bits per heavy atom. The van der Waals surface area contributed by atoms with E-state index < -0.39 is 0 Å². The summed E-state index contributed by atoms with van der Waals surface area (Å²) in [6, 6.07) is 3.73. The monoisotopic (exact) mass is 257 g/mol. The number of rotatable bonds is 3. The third kappa shape index (κ3) is 2.10. The third-order valence-corrected chi connectivity index (χ3v) is 3.25. The Morgan fingerprint density at radius 1 is 1.22 bits per heavy atom. The van der Waals surface area contributed by atoms with Crippen molar-refractivity contribution in [2.75, 3.05) is 5.73 Å². The number of nitrogens with two attached hydrogens (primary N) is 1. The molecule has 3 heterocycles. The Kier molecular flexibility index (Phi) is 2.77. The van der Waals surface area contributed by atoms with Crippen LogP contribution >= 0.6 is 11.3 Å². The maximum atomic E-state index is 5.59. The molecule has 0 fully saturated rings. The number of hydrogen-bond acceptors (Lipinski definition) is 5. The average Bonchev–Trinajstić information content (AvgIpc) is 3.02. The SMILES string of the molecule is Nc1ccc(-c2cncn2Cc2cscn2)cn1. The molecule has 18 heavy (non-hydrogen) atoms. The number of hydrogen-bond donors (Lipinski definition) is 1. The van der Waals surface area contributed by atoms with E-state index in [2.05, 4.69) is 15.0 Å². The van der Waals surface area contributed by atoms with Crippen molar-refractivity contribution in [3.63, 3.8) is 0 Å². The van der Waals surface area contributed by atoms with Gasteiger partial charge in [-0.1, -0.05) is 0 Å². The van der Waals surface area contributed by atoms with Gasteiger partial charge in [-0.05, 0) is 12.1 Å². The lowest BCUT2D eigenvalue weighted by Crippen LogP contribution is -2.01. The highest BCUT2D eigenvalue weighted by Crippen LogP contribution is 2.19. The van der Waals surface area contributed by atoms with Gasteiger partial charge in [-0.2, -0.15) is 0 Å². The van der Waals surface area contributed by atoms with Crippen LogP contribution in [-0.2, 0) is 6.54 Å². The van der Waals surface area contributed by atoms with Crippen molar-refractivity contribution < 1.29 is 0 Å². The first-order valence-electron chi connectivity index (χ1n) is 5.42. The van der Waals surface area contributed by atoms with Crippen LogP contribution in [-0.4, -0.2) is 19.5 Å². The fourth-order valence-corrected chi connectivity index (χ4v) is 2.28. The minimum Gasteiger partial charge on any atom is -0.384 e. The van der Waals surface area contributed by atoms with Crippen LogP contribution in [0, 0.1) is 0 Å². The van der Waals surface area contributed by atoms with Gasteiger partial charge in [0.2, 0.25) is 0 Å². The predicted octanol–water partition coefficient (Wildman–Crippen LogP) is 2.03. The van der Waals surface area contributed by atoms with Gasteiger partial charge >= 0.3 is 0 Å². The van der Waals surface area contributed by atoms with Crippen LogP contribution in [0.15, 0.2) is 41.7 Å². The van der Waals surface area contributed by atoms with Gasteiger partial charge in [0, 0.05) is 17.1 Å². The summed E-state index contributed by atoms with van der Waals surface area (Å²) in [7, 11) is 0. The highest BCUT2D eigenvalue weighted by atomic mass is 32.1. The first-order chi connectivity index (χ1) is 8.83. The molecule has 0 aliphatic carbocycles. The van der Waals surface area contributed by atoms with E-state index in [1.54, 1.807) is 29.9 Å². The van der Waals surface area contributed by atoms with Crippen molar-refractivity contribution in [3.8, 4) is 11.3 Å². The zero-order valence-corrected chi connectivity index (χ0v) is 10.3.